The summed E-state index contributed by atoms with van der Waals surface area (Å²) in [5, 5.41) is 26.5. The first-order valence-electron chi connectivity index (χ1n) is 17.5. The first-order chi connectivity index (χ1) is 30.4. The maximum atomic E-state index is 13.6. The van der Waals surface area contributed by atoms with E-state index < -0.39 is 59.5 Å². The van der Waals surface area contributed by atoms with Crippen molar-refractivity contribution in [3.63, 3.8) is 0 Å². The van der Waals surface area contributed by atoms with E-state index in [9.17, 15) is 46.4 Å². The molecule has 27 heteroatoms. The molecule has 0 aliphatic carbocycles. The molecule has 0 aliphatic rings. The fourth-order valence-electron chi connectivity index (χ4n) is 5.09. The van der Waals surface area contributed by atoms with Crippen LogP contribution in [0.5, 0.6) is 0 Å². The third-order valence-electron chi connectivity index (χ3n) is 8.02. The van der Waals surface area contributed by atoms with Crippen molar-refractivity contribution in [2.45, 2.75) is 38.8 Å². The van der Waals surface area contributed by atoms with Gasteiger partial charge in [-0.15, -0.1) is 11.8 Å². The number of carbonyl (C=O) groups is 1. The van der Waals surface area contributed by atoms with Gasteiger partial charge in [-0.05, 0) is 81.1 Å². The van der Waals surface area contributed by atoms with E-state index in [1.54, 1.807) is 37.6 Å². The standard InChI is InChI=1S/C18H12BrF2N5O2.C10H9BrN4O2.C8H4BrF2N.CH3F.CH2O3.2K.H/c1-3-4-5-25-14-15(23-17(25)19)24(2)18(28)26(16(14)27)9-11-7-13(21)12(20)6-10(11)8-22;1-3-4-5-15-6-7(12-9(15)11)14(2)10(17)13-8(6)16;9-3-5-1-7(10)8(11)2-6(5)4-12;1-2;2-1-4-3;;;/h6-7H,5,9H2,1-2H3;5H2,1-2H3,(H,13,16,17);1-2H,3H2;1H3;1,3H;;;/q;;;;;2*+1;-1/p-1/i;;;1D;;;;. The monoisotopic (exact) mass is 1150 g/mol. The summed E-state index contributed by atoms with van der Waals surface area (Å²) in [4.78, 5) is 70.7. The van der Waals surface area contributed by atoms with E-state index in [1.165, 1.54) is 20.7 Å². The Balaban J connectivity index is 0. The van der Waals surface area contributed by atoms with Crippen LogP contribution in [0.1, 0.15) is 38.9 Å². The number of nitrogens with zero attached hydrogens (tertiary/aromatic N) is 9. The molecule has 17 nitrogen and oxygen atoms in total. The van der Waals surface area contributed by atoms with Crippen molar-refractivity contribution in [3.8, 4) is 35.8 Å². The number of nitriles is 2. The van der Waals surface area contributed by atoms with E-state index in [1.807, 2.05) is 0 Å². The molecular weight excluding hydrogens is 1120 g/mol. The van der Waals surface area contributed by atoms with Crippen molar-refractivity contribution >= 4 is 76.6 Å². The summed E-state index contributed by atoms with van der Waals surface area (Å²) in [5.74, 6) is 6.85. The van der Waals surface area contributed by atoms with E-state index in [0.717, 1.165) is 28.8 Å². The van der Waals surface area contributed by atoms with Crippen molar-refractivity contribution in [1.29, 1.82) is 10.5 Å². The van der Waals surface area contributed by atoms with Gasteiger partial charge in [0.05, 0.1) is 51.4 Å². The molecule has 0 radical (unpaired) electrons. The van der Waals surface area contributed by atoms with Crippen LogP contribution in [0, 0.1) is 69.6 Å². The van der Waals surface area contributed by atoms with Gasteiger partial charge in [0.2, 0.25) is 0 Å². The Kier molecular flexibility index (Phi) is 27.6. The number of aryl methyl sites for hydroxylation is 2. The predicted molar refractivity (Wildman–Crippen MR) is 226 cm³/mol. The number of fused-ring (bicyclic) bond motifs is 2. The quantitative estimate of drug-likeness (QED) is 0.0279. The molecule has 65 heavy (non-hydrogen) atoms. The average molecular weight is 1150 g/mol. The smallest absolute Gasteiger partial charge is 1.00 e. The molecule has 4 aromatic heterocycles. The Bertz CT molecular complexity index is 3170. The molecule has 0 amide bonds. The number of alkyl halides is 2. The SMILES string of the molecule is CC#CCn1c(Br)nc2c1c(=O)[nH]c(=O)n2C.CC#CCn1c(Br)nc2c1c(=O)n(Cc1cc(F)c(F)cc1C#N)c(=O)n2C.N#Cc1cc(F)c(F)cc1CBr.O=CO[O-].[2H]CF.[H-].[K+].[K+]. The second kappa shape index (κ2) is 30.1. The van der Waals surface area contributed by atoms with Gasteiger partial charge in [0.25, 0.3) is 17.6 Å². The minimum absolute atomic E-state index is 0. The molecule has 4 heterocycles. The zero-order chi connectivity index (χ0) is 48.4. The number of imidazole rings is 2. The summed E-state index contributed by atoms with van der Waals surface area (Å²) in [5.41, 5.74) is -0.918. The second-order valence-corrected chi connectivity index (χ2v) is 13.6. The van der Waals surface area contributed by atoms with Gasteiger partial charge in [-0.2, -0.15) is 10.5 Å². The molecule has 6 aromatic rings. The number of halogens is 8. The number of hydrogen-bond donors (Lipinski definition) is 1. The Labute approximate surface area is 477 Å². The molecule has 332 valence electrons. The van der Waals surface area contributed by atoms with Crippen LogP contribution in [0.25, 0.3) is 22.3 Å². The van der Waals surface area contributed by atoms with E-state index in [4.69, 9.17) is 16.7 Å². The molecular formula is C38H30Br3F5K2N10O7. The summed E-state index contributed by atoms with van der Waals surface area (Å²) in [6, 6.07) is 6.97. The van der Waals surface area contributed by atoms with Gasteiger partial charge in [-0.25, -0.2) is 37.1 Å². The van der Waals surface area contributed by atoms with Crippen molar-refractivity contribution in [1.82, 2.24) is 37.8 Å². The fourth-order valence-corrected chi connectivity index (χ4v) is 6.50. The average Bonchev–Trinajstić information content (AvgIpc) is 3.80. The van der Waals surface area contributed by atoms with Gasteiger partial charge in [0.1, 0.15) is 0 Å². The largest absolute Gasteiger partial charge is 1.00 e. The van der Waals surface area contributed by atoms with Crippen molar-refractivity contribution in [3.05, 3.63) is 121 Å². The summed E-state index contributed by atoms with van der Waals surface area (Å²) in [6.07, 6.45) is 0. The molecule has 6 rings (SSSR count). The maximum Gasteiger partial charge on any atom is 1.00 e. The minimum Gasteiger partial charge on any atom is -1.00 e. The Hall–Kier alpha value is -3.37. The van der Waals surface area contributed by atoms with E-state index >= 15 is 0 Å². The van der Waals surface area contributed by atoms with Gasteiger partial charge >= 0.3 is 114 Å². The zero-order valence-corrected chi connectivity index (χ0v) is 45.8. The first kappa shape index (κ1) is 59.6. The fraction of sp³-hybridized carbons (Fsp3) is 0.237. The molecule has 0 unspecified atom stereocenters. The molecule has 0 atom stereocenters. The molecule has 0 bridgehead atoms. The van der Waals surface area contributed by atoms with E-state index in [0.29, 0.717) is 38.1 Å². The van der Waals surface area contributed by atoms with E-state index in [2.05, 4.69) is 91.3 Å². The normalized spacial score (nSPS) is 9.62. The molecule has 0 fully saturated rings. The molecule has 0 saturated heterocycles. The van der Waals surface area contributed by atoms with Crippen LogP contribution in [0.3, 0.4) is 0 Å². The number of aromatic amines is 1. The number of rotatable bonds is 6. The minimum atomic E-state index is -1.18. The maximum absolute atomic E-state index is 13.6. The number of hydrogen-bond acceptors (Lipinski definition) is 11. The Morgan fingerprint density at radius 3 is 1.66 bits per heavy atom. The zero-order valence-electron chi connectivity index (χ0n) is 36.8. The van der Waals surface area contributed by atoms with Gasteiger partial charge in [0, 0.05) is 19.4 Å². The summed E-state index contributed by atoms with van der Waals surface area (Å²) >= 11 is 9.57. The molecule has 0 spiro atoms. The van der Waals surface area contributed by atoms with Crippen molar-refractivity contribution in [2.24, 2.45) is 14.1 Å². The van der Waals surface area contributed by atoms with Gasteiger partial charge < -0.3 is 20.7 Å². The number of aromatic nitrogens is 8. The van der Waals surface area contributed by atoms with Crippen LogP contribution in [0.2, 0.25) is 0 Å². The number of nitrogens with one attached hydrogen (secondary N) is 1. The van der Waals surface area contributed by atoms with Crippen LogP contribution in [-0.2, 0) is 48.7 Å². The third-order valence-corrected chi connectivity index (χ3v) is 9.83. The number of carbonyl (C=O) groups excluding carboxylic acids is 1. The number of benzene rings is 2. The third kappa shape index (κ3) is 15.6. The molecule has 0 saturated carbocycles. The van der Waals surface area contributed by atoms with Crippen LogP contribution in [0.15, 0.2) is 52.9 Å². The van der Waals surface area contributed by atoms with Gasteiger partial charge in [0.15, 0.2) is 55.1 Å². The second-order valence-electron chi connectivity index (χ2n) is 11.6. The molecule has 0 aliphatic heterocycles. The summed E-state index contributed by atoms with van der Waals surface area (Å²) in [6.45, 7) is 3.29. The van der Waals surface area contributed by atoms with E-state index in [-0.39, 0.29) is 145 Å². The van der Waals surface area contributed by atoms with Gasteiger partial charge in [-0.3, -0.25) is 37.5 Å². The van der Waals surface area contributed by atoms with Crippen LogP contribution >= 0.6 is 47.8 Å². The Morgan fingerprint density at radius 1 is 0.815 bits per heavy atom. The molecule has 2 aromatic carbocycles. The number of H-pyrrole nitrogens is 1. The van der Waals surface area contributed by atoms with Crippen molar-refractivity contribution < 1.29 is 142 Å². The van der Waals surface area contributed by atoms with Crippen molar-refractivity contribution in [2.75, 3.05) is 7.15 Å². The predicted octanol–water partition coefficient (Wildman–Crippen LogP) is -2.04. The Morgan fingerprint density at radius 2 is 1.23 bits per heavy atom. The topological polar surface area (TPSA) is 231 Å². The molecule has 1 N–H and O–H groups in total. The van der Waals surface area contributed by atoms with Gasteiger partial charge in [-0.1, -0.05) is 27.8 Å². The van der Waals surface area contributed by atoms with Crippen LogP contribution in [-0.4, -0.2) is 51.4 Å². The van der Waals surface area contributed by atoms with Crippen LogP contribution in [0.4, 0.5) is 22.0 Å². The summed E-state index contributed by atoms with van der Waals surface area (Å²) in [7, 11) is 1.99. The summed E-state index contributed by atoms with van der Waals surface area (Å²) < 4.78 is 74.9. The van der Waals surface area contributed by atoms with Crippen LogP contribution < -0.4 is 131 Å². The first-order valence-corrected chi connectivity index (χ1v) is 19.5.